The van der Waals surface area contributed by atoms with Crippen molar-refractivity contribution < 1.29 is 0 Å². The van der Waals surface area contributed by atoms with Gasteiger partial charge in [-0.2, -0.15) is 0 Å². The van der Waals surface area contributed by atoms with Gasteiger partial charge < -0.3 is 0 Å². The molecule has 0 amide bonds. The van der Waals surface area contributed by atoms with Gasteiger partial charge in [-0.1, -0.05) is 53.6 Å². The van der Waals surface area contributed by atoms with Crippen LogP contribution in [0.15, 0.2) is 34.8 Å². The van der Waals surface area contributed by atoms with Crippen LogP contribution in [0.25, 0.3) is 6.08 Å². The van der Waals surface area contributed by atoms with E-state index in [0.717, 1.165) is 10.9 Å². The number of hydrogen-bond donors (Lipinski definition) is 0. The minimum absolute atomic E-state index is 1.14. The van der Waals surface area contributed by atoms with Crippen LogP contribution in [0.3, 0.4) is 0 Å². The van der Waals surface area contributed by atoms with Gasteiger partial charge in [0.1, 0.15) is 0 Å². The fraction of sp³-hybridized carbons (Fsp3) is 0.273. The van der Waals surface area contributed by atoms with Gasteiger partial charge in [0.15, 0.2) is 0 Å². The largest absolute Gasteiger partial charge is 0.0840 e. The van der Waals surface area contributed by atoms with Crippen molar-refractivity contribution in [2.75, 3.05) is 0 Å². The van der Waals surface area contributed by atoms with E-state index in [1.165, 1.54) is 12.0 Å². The van der Waals surface area contributed by atoms with Crippen LogP contribution < -0.4 is 0 Å². The lowest BCUT2D eigenvalue weighted by Gasteiger charge is -1.93. The van der Waals surface area contributed by atoms with Gasteiger partial charge in [-0.05, 0) is 24.1 Å². The molecule has 64 valence electrons. The molecular weight excluding hydrogens is 212 g/mol. The van der Waals surface area contributed by atoms with Gasteiger partial charge in [-0.3, -0.25) is 0 Å². The minimum Gasteiger partial charge on any atom is -0.0840 e. The monoisotopic (exact) mass is 224 g/mol. The minimum atomic E-state index is 1.14. The molecule has 1 rings (SSSR count). The summed E-state index contributed by atoms with van der Waals surface area (Å²) in [5.41, 5.74) is 1.26. The first-order valence-corrected chi connectivity index (χ1v) is 5.04. The Bertz CT molecular complexity index is 263. The van der Waals surface area contributed by atoms with Crippen LogP contribution in [0.5, 0.6) is 0 Å². The molecule has 0 spiro atoms. The number of unbranched alkanes of at least 4 members (excludes halogenated alkanes) is 1. The lowest BCUT2D eigenvalue weighted by atomic mass is 10.2. The van der Waals surface area contributed by atoms with Gasteiger partial charge in [0.2, 0.25) is 0 Å². The predicted octanol–water partition coefficient (Wildman–Crippen LogP) is 4.26. The first-order chi connectivity index (χ1) is 5.83. The molecular formula is C11H13Br. The van der Waals surface area contributed by atoms with E-state index in [9.17, 15) is 0 Å². The Morgan fingerprint density at radius 3 is 2.92 bits per heavy atom. The van der Waals surface area contributed by atoms with Crippen molar-refractivity contribution in [3.8, 4) is 0 Å². The topological polar surface area (TPSA) is 0 Å². The summed E-state index contributed by atoms with van der Waals surface area (Å²) in [4.78, 5) is 0. The second kappa shape index (κ2) is 5.15. The van der Waals surface area contributed by atoms with Gasteiger partial charge in [0.25, 0.3) is 0 Å². The van der Waals surface area contributed by atoms with E-state index in [1.807, 2.05) is 6.07 Å². The smallest absolute Gasteiger partial charge is 0.0181 e. The Kier molecular flexibility index (Phi) is 4.09. The Hall–Kier alpha value is -0.560. The van der Waals surface area contributed by atoms with Crippen LogP contribution in [-0.2, 0) is 0 Å². The van der Waals surface area contributed by atoms with Crippen molar-refractivity contribution in [2.24, 2.45) is 0 Å². The molecule has 0 nitrogen and oxygen atoms in total. The molecule has 0 aromatic heterocycles. The van der Waals surface area contributed by atoms with Crippen molar-refractivity contribution in [2.45, 2.75) is 19.8 Å². The van der Waals surface area contributed by atoms with Crippen LogP contribution in [0.4, 0.5) is 0 Å². The average Bonchev–Trinajstić information content (AvgIpc) is 2.05. The zero-order valence-corrected chi connectivity index (χ0v) is 8.84. The molecule has 0 heterocycles. The van der Waals surface area contributed by atoms with E-state index in [1.54, 1.807) is 0 Å². The Balaban J connectivity index is 2.63. The first kappa shape index (κ1) is 9.53. The molecule has 12 heavy (non-hydrogen) atoms. The molecule has 0 bridgehead atoms. The van der Waals surface area contributed by atoms with Crippen LogP contribution >= 0.6 is 15.9 Å². The number of hydrogen-bond acceptors (Lipinski definition) is 0. The summed E-state index contributed by atoms with van der Waals surface area (Å²) in [7, 11) is 0. The fourth-order valence-electron chi connectivity index (χ4n) is 0.996. The Morgan fingerprint density at radius 1 is 1.42 bits per heavy atom. The molecule has 1 aromatic carbocycles. The lowest BCUT2D eigenvalue weighted by Crippen LogP contribution is -1.70. The molecule has 0 N–H and O–H groups in total. The van der Waals surface area contributed by atoms with Crippen molar-refractivity contribution in [1.29, 1.82) is 0 Å². The molecule has 0 aliphatic carbocycles. The predicted molar refractivity (Wildman–Crippen MR) is 58.1 cm³/mol. The third kappa shape index (κ3) is 3.22. The van der Waals surface area contributed by atoms with Crippen molar-refractivity contribution in [1.82, 2.24) is 0 Å². The van der Waals surface area contributed by atoms with E-state index in [0.29, 0.717) is 0 Å². The van der Waals surface area contributed by atoms with Crippen LogP contribution in [0.1, 0.15) is 25.3 Å². The zero-order chi connectivity index (χ0) is 8.81. The van der Waals surface area contributed by atoms with Gasteiger partial charge in [0.05, 0.1) is 0 Å². The summed E-state index contributed by atoms with van der Waals surface area (Å²) < 4.78 is 1.14. The molecule has 1 aromatic rings. The van der Waals surface area contributed by atoms with E-state index in [-0.39, 0.29) is 0 Å². The molecule has 0 saturated heterocycles. The van der Waals surface area contributed by atoms with E-state index >= 15 is 0 Å². The van der Waals surface area contributed by atoms with E-state index in [2.05, 4.69) is 53.2 Å². The Morgan fingerprint density at radius 2 is 2.25 bits per heavy atom. The van der Waals surface area contributed by atoms with Crippen LogP contribution in [0, 0.1) is 0 Å². The molecule has 0 fully saturated rings. The normalized spacial score (nSPS) is 10.8. The molecule has 0 aliphatic rings. The van der Waals surface area contributed by atoms with Crippen molar-refractivity contribution >= 4 is 22.0 Å². The van der Waals surface area contributed by atoms with Gasteiger partial charge in [-0.25, -0.2) is 0 Å². The van der Waals surface area contributed by atoms with Crippen LogP contribution in [-0.4, -0.2) is 0 Å². The quantitative estimate of drug-likeness (QED) is 0.720. The van der Waals surface area contributed by atoms with E-state index < -0.39 is 0 Å². The zero-order valence-electron chi connectivity index (χ0n) is 7.26. The number of rotatable bonds is 3. The van der Waals surface area contributed by atoms with Gasteiger partial charge >= 0.3 is 0 Å². The van der Waals surface area contributed by atoms with E-state index in [4.69, 9.17) is 0 Å². The number of benzene rings is 1. The maximum Gasteiger partial charge on any atom is 0.0181 e. The number of allylic oxidation sites excluding steroid dienone is 1. The molecule has 0 atom stereocenters. The molecule has 0 saturated carbocycles. The third-order valence-corrected chi connectivity index (χ3v) is 2.11. The fourth-order valence-corrected chi connectivity index (χ4v) is 1.41. The van der Waals surface area contributed by atoms with Gasteiger partial charge in [-0.15, -0.1) is 0 Å². The Labute approximate surface area is 82.4 Å². The van der Waals surface area contributed by atoms with Gasteiger partial charge in [0, 0.05) is 4.47 Å². The highest BCUT2D eigenvalue weighted by atomic mass is 79.9. The highest BCUT2D eigenvalue weighted by molar-refractivity contribution is 9.10. The second-order valence-corrected chi connectivity index (χ2v) is 3.66. The summed E-state index contributed by atoms with van der Waals surface area (Å²) >= 11 is 3.44. The number of halogens is 1. The molecule has 0 unspecified atom stereocenters. The lowest BCUT2D eigenvalue weighted by molar-refractivity contribution is 0.962. The molecule has 1 heteroatoms. The summed E-state index contributed by atoms with van der Waals surface area (Å²) in [6, 6.07) is 8.32. The third-order valence-electron chi connectivity index (χ3n) is 1.61. The second-order valence-electron chi connectivity index (χ2n) is 2.75. The SMILES string of the molecule is CCC/C=C/c1cccc(Br)c1. The molecule has 0 aliphatic heterocycles. The summed E-state index contributed by atoms with van der Waals surface area (Å²) in [6.07, 6.45) is 6.74. The highest BCUT2D eigenvalue weighted by Crippen LogP contribution is 2.12. The van der Waals surface area contributed by atoms with Crippen molar-refractivity contribution in [3.05, 3.63) is 40.4 Å². The summed E-state index contributed by atoms with van der Waals surface area (Å²) in [6.45, 7) is 2.19. The van der Waals surface area contributed by atoms with Crippen LogP contribution in [0.2, 0.25) is 0 Å². The standard InChI is InChI=1S/C11H13Br/c1-2-3-4-6-10-7-5-8-11(12)9-10/h4-9H,2-3H2,1H3/b6-4+. The summed E-state index contributed by atoms with van der Waals surface area (Å²) in [5, 5.41) is 0. The molecule has 0 radical (unpaired) electrons. The van der Waals surface area contributed by atoms with Crippen molar-refractivity contribution in [3.63, 3.8) is 0 Å². The summed E-state index contributed by atoms with van der Waals surface area (Å²) in [5.74, 6) is 0. The highest BCUT2D eigenvalue weighted by Gasteiger charge is 1.86. The average molecular weight is 225 g/mol. The first-order valence-electron chi connectivity index (χ1n) is 4.25. The maximum absolute atomic E-state index is 3.44. The maximum atomic E-state index is 3.44.